The van der Waals surface area contributed by atoms with Crippen LogP contribution in [0, 0.1) is 0 Å². The summed E-state index contributed by atoms with van der Waals surface area (Å²) in [6.07, 6.45) is 1.72. The van der Waals surface area contributed by atoms with Crippen LogP contribution in [0.1, 0.15) is 33.7 Å². The van der Waals surface area contributed by atoms with Gasteiger partial charge in [-0.1, -0.05) is 12.1 Å². The third kappa shape index (κ3) is 3.57. The van der Waals surface area contributed by atoms with Crippen molar-refractivity contribution in [2.24, 2.45) is 0 Å². The van der Waals surface area contributed by atoms with Crippen LogP contribution in [0.25, 0.3) is 11.0 Å². The molecule has 1 heterocycles. The lowest BCUT2D eigenvalue weighted by Gasteiger charge is -2.27. The summed E-state index contributed by atoms with van der Waals surface area (Å²) in [5, 5.41) is 3.00. The second kappa shape index (κ2) is 7.60. The van der Waals surface area contributed by atoms with Crippen molar-refractivity contribution in [3.05, 3.63) is 54.9 Å². The van der Waals surface area contributed by atoms with Crippen LogP contribution in [0.2, 0.25) is 0 Å². The van der Waals surface area contributed by atoms with Crippen molar-refractivity contribution in [3.8, 4) is 0 Å². The zero-order valence-electron chi connectivity index (χ0n) is 15.8. The van der Waals surface area contributed by atoms with Crippen LogP contribution in [-0.2, 0) is 4.79 Å². The minimum absolute atomic E-state index is 0.0582. The molecule has 0 aliphatic rings. The molecule has 1 atom stereocenters. The molecule has 0 aliphatic heterocycles. The predicted molar refractivity (Wildman–Crippen MR) is 108 cm³/mol. The highest BCUT2D eigenvalue weighted by atomic mass is 16.2. The Balaban J connectivity index is 1.73. The van der Waals surface area contributed by atoms with Crippen LogP contribution in [0.3, 0.4) is 0 Å². The number of para-hydroxylation sites is 2. The quantitative estimate of drug-likeness (QED) is 0.713. The van der Waals surface area contributed by atoms with E-state index in [-0.39, 0.29) is 11.9 Å². The molecule has 1 N–H and O–H groups in total. The van der Waals surface area contributed by atoms with Crippen LogP contribution < -0.4 is 10.2 Å². The molecule has 26 heavy (non-hydrogen) atoms. The maximum atomic E-state index is 12.7. The van der Waals surface area contributed by atoms with Crippen molar-refractivity contribution in [2.75, 3.05) is 16.8 Å². The van der Waals surface area contributed by atoms with Crippen LogP contribution in [0.5, 0.6) is 0 Å². The smallest absolute Gasteiger partial charge is 0.247 e. The number of aromatic nitrogens is 2. The Morgan fingerprint density at radius 3 is 2.46 bits per heavy atom. The summed E-state index contributed by atoms with van der Waals surface area (Å²) >= 11 is 0. The molecule has 0 saturated heterocycles. The number of rotatable bonds is 6. The number of imidazole rings is 1. The maximum Gasteiger partial charge on any atom is 0.247 e. The van der Waals surface area contributed by atoms with Crippen molar-refractivity contribution >= 4 is 28.3 Å². The second-order valence-corrected chi connectivity index (χ2v) is 6.73. The summed E-state index contributed by atoms with van der Waals surface area (Å²) in [5.41, 5.74) is 3.81. The maximum absolute atomic E-state index is 12.7. The van der Waals surface area contributed by atoms with Gasteiger partial charge in [0, 0.05) is 24.0 Å². The lowest BCUT2D eigenvalue weighted by molar-refractivity contribution is -0.118. The van der Waals surface area contributed by atoms with Gasteiger partial charge in [-0.25, -0.2) is 4.98 Å². The van der Waals surface area contributed by atoms with Crippen molar-refractivity contribution in [1.82, 2.24) is 9.55 Å². The molecule has 136 valence electrons. The van der Waals surface area contributed by atoms with Crippen LogP contribution in [-0.4, -0.2) is 28.0 Å². The molecule has 0 fully saturated rings. The number of hydrogen-bond donors (Lipinski definition) is 1. The Bertz CT molecular complexity index is 882. The fourth-order valence-corrected chi connectivity index (χ4v) is 3.24. The first-order valence-corrected chi connectivity index (χ1v) is 9.10. The SMILES string of the molecule is CCN(c1ccc(NC(=O)C(C)n2cnc3ccccc32)cc1)C(C)C. The van der Waals surface area contributed by atoms with Crippen molar-refractivity contribution in [3.63, 3.8) is 0 Å². The van der Waals surface area contributed by atoms with Crippen molar-refractivity contribution in [1.29, 1.82) is 0 Å². The molecule has 0 spiro atoms. The molecule has 0 radical (unpaired) electrons. The van der Waals surface area contributed by atoms with Gasteiger partial charge in [0.25, 0.3) is 0 Å². The molecule has 5 heteroatoms. The fourth-order valence-electron chi connectivity index (χ4n) is 3.24. The van der Waals surface area contributed by atoms with Gasteiger partial charge in [0.2, 0.25) is 5.91 Å². The van der Waals surface area contributed by atoms with E-state index in [1.165, 1.54) is 0 Å². The molecular formula is C21H26N4O. The van der Waals surface area contributed by atoms with E-state index in [0.717, 1.165) is 29.0 Å². The third-order valence-corrected chi connectivity index (χ3v) is 4.71. The lowest BCUT2D eigenvalue weighted by Crippen LogP contribution is -2.30. The molecule has 5 nitrogen and oxygen atoms in total. The van der Waals surface area contributed by atoms with E-state index in [1.807, 2.05) is 47.9 Å². The highest BCUT2D eigenvalue weighted by Gasteiger charge is 2.17. The summed E-state index contributed by atoms with van der Waals surface area (Å²) in [7, 11) is 0. The van der Waals surface area contributed by atoms with E-state index in [2.05, 4.69) is 48.1 Å². The highest BCUT2D eigenvalue weighted by molar-refractivity contribution is 5.94. The summed E-state index contributed by atoms with van der Waals surface area (Å²) in [5.74, 6) is -0.0582. The first-order chi connectivity index (χ1) is 12.5. The first kappa shape index (κ1) is 18.0. The zero-order valence-corrected chi connectivity index (χ0v) is 15.8. The monoisotopic (exact) mass is 350 g/mol. The Morgan fingerprint density at radius 2 is 1.81 bits per heavy atom. The number of fused-ring (bicyclic) bond motifs is 1. The number of hydrogen-bond acceptors (Lipinski definition) is 3. The topological polar surface area (TPSA) is 50.2 Å². The average Bonchev–Trinajstić information content (AvgIpc) is 3.07. The molecule has 0 bridgehead atoms. The Morgan fingerprint density at radius 1 is 1.12 bits per heavy atom. The Hall–Kier alpha value is -2.82. The van der Waals surface area contributed by atoms with Crippen LogP contribution in [0.15, 0.2) is 54.9 Å². The normalized spacial score (nSPS) is 12.3. The number of benzene rings is 2. The first-order valence-electron chi connectivity index (χ1n) is 9.10. The van der Waals surface area contributed by atoms with Crippen molar-refractivity contribution < 1.29 is 4.79 Å². The van der Waals surface area contributed by atoms with E-state index >= 15 is 0 Å². The van der Waals surface area contributed by atoms with Crippen LogP contribution in [0.4, 0.5) is 11.4 Å². The summed E-state index contributed by atoms with van der Waals surface area (Å²) in [6, 6.07) is 15.9. The van der Waals surface area contributed by atoms with Gasteiger partial charge >= 0.3 is 0 Å². The van der Waals surface area contributed by atoms with E-state index in [0.29, 0.717) is 6.04 Å². The van der Waals surface area contributed by atoms with Gasteiger partial charge in [-0.3, -0.25) is 4.79 Å². The summed E-state index contributed by atoms with van der Waals surface area (Å²) in [4.78, 5) is 19.3. The van der Waals surface area contributed by atoms with Gasteiger partial charge in [0.15, 0.2) is 0 Å². The van der Waals surface area contributed by atoms with E-state index in [1.54, 1.807) is 6.33 Å². The molecule has 2 aromatic carbocycles. The molecule has 1 amide bonds. The number of amides is 1. The number of anilines is 2. The largest absolute Gasteiger partial charge is 0.369 e. The zero-order chi connectivity index (χ0) is 18.7. The van der Waals surface area contributed by atoms with E-state index in [4.69, 9.17) is 0 Å². The standard InChI is InChI=1S/C21H26N4O/c1-5-24(15(2)3)18-12-10-17(11-13-18)23-21(26)16(4)25-14-22-19-8-6-7-9-20(19)25/h6-16H,5H2,1-4H3,(H,23,26). The Kier molecular flexibility index (Phi) is 5.26. The van der Waals surface area contributed by atoms with E-state index < -0.39 is 0 Å². The number of carbonyl (C=O) groups is 1. The summed E-state index contributed by atoms with van der Waals surface area (Å²) < 4.78 is 1.90. The minimum Gasteiger partial charge on any atom is -0.369 e. The molecule has 0 aliphatic carbocycles. The molecule has 1 aromatic heterocycles. The number of nitrogens with zero attached hydrogens (tertiary/aromatic N) is 3. The van der Waals surface area contributed by atoms with Gasteiger partial charge in [-0.2, -0.15) is 0 Å². The predicted octanol–water partition coefficient (Wildman–Crippen LogP) is 4.47. The molecular weight excluding hydrogens is 324 g/mol. The molecule has 3 rings (SSSR count). The van der Waals surface area contributed by atoms with Gasteiger partial charge in [-0.15, -0.1) is 0 Å². The third-order valence-electron chi connectivity index (χ3n) is 4.71. The minimum atomic E-state index is -0.343. The van der Waals surface area contributed by atoms with E-state index in [9.17, 15) is 4.79 Å². The fraction of sp³-hybridized carbons (Fsp3) is 0.333. The highest BCUT2D eigenvalue weighted by Crippen LogP contribution is 2.22. The van der Waals surface area contributed by atoms with Gasteiger partial charge < -0.3 is 14.8 Å². The summed E-state index contributed by atoms with van der Waals surface area (Å²) in [6.45, 7) is 9.34. The van der Waals surface area contributed by atoms with Gasteiger partial charge in [0.05, 0.1) is 17.4 Å². The number of nitrogens with one attached hydrogen (secondary N) is 1. The lowest BCUT2D eigenvalue weighted by atomic mass is 10.2. The van der Waals surface area contributed by atoms with Gasteiger partial charge in [-0.05, 0) is 64.1 Å². The van der Waals surface area contributed by atoms with Crippen LogP contribution >= 0.6 is 0 Å². The molecule has 0 saturated carbocycles. The Labute approximate surface area is 154 Å². The second-order valence-electron chi connectivity index (χ2n) is 6.73. The number of carbonyl (C=O) groups excluding carboxylic acids is 1. The molecule has 1 unspecified atom stereocenters. The van der Waals surface area contributed by atoms with Gasteiger partial charge in [0.1, 0.15) is 6.04 Å². The molecule has 3 aromatic rings. The average molecular weight is 350 g/mol. The van der Waals surface area contributed by atoms with Crippen molar-refractivity contribution in [2.45, 2.75) is 39.8 Å².